The Balaban J connectivity index is 1.26. The van der Waals surface area contributed by atoms with Crippen molar-refractivity contribution in [2.24, 2.45) is 0 Å². The lowest BCUT2D eigenvalue weighted by molar-refractivity contribution is -0.0454. The van der Waals surface area contributed by atoms with Gasteiger partial charge in [-0.15, -0.1) is 0 Å². The molecule has 1 aromatic carbocycles. The van der Waals surface area contributed by atoms with Crippen LogP contribution in [0.4, 0.5) is 0 Å². The molecule has 1 unspecified atom stereocenters. The third kappa shape index (κ3) is 4.06. The van der Waals surface area contributed by atoms with Gasteiger partial charge in [-0.05, 0) is 44.0 Å². The van der Waals surface area contributed by atoms with E-state index in [9.17, 15) is 0 Å². The maximum atomic E-state index is 6.40. The van der Waals surface area contributed by atoms with Crippen LogP contribution in [0.25, 0.3) is 0 Å². The van der Waals surface area contributed by atoms with Gasteiger partial charge in [0.15, 0.2) is 0 Å². The van der Waals surface area contributed by atoms with E-state index in [-0.39, 0.29) is 5.60 Å². The third-order valence-corrected chi connectivity index (χ3v) is 6.58. The molecule has 0 radical (unpaired) electrons. The highest BCUT2D eigenvalue weighted by Gasteiger charge is 2.44. The van der Waals surface area contributed by atoms with E-state index in [1.807, 2.05) is 0 Å². The van der Waals surface area contributed by atoms with E-state index in [0.717, 1.165) is 32.0 Å². The van der Waals surface area contributed by atoms with Crippen molar-refractivity contribution in [3.05, 3.63) is 29.8 Å². The predicted molar refractivity (Wildman–Crippen MR) is 104 cm³/mol. The fraction of sp³-hybridized carbons (Fsp3) is 0.714. The van der Waals surface area contributed by atoms with Crippen LogP contribution in [-0.4, -0.2) is 86.4 Å². The number of likely N-dealkylation sites (tertiary alicyclic amines) is 1. The van der Waals surface area contributed by atoms with Gasteiger partial charge in [-0.3, -0.25) is 9.80 Å². The summed E-state index contributed by atoms with van der Waals surface area (Å²) >= 11 is 0. The molecule has 4 rings (SSSR count). The highest BCUT2D eigenvalue weighted by molar-refractivity contribution is 5.27. The number of ether oxygens (including phenoxy) is 2. The largest absolute Gasteiger partial charge is 0.497 e. The lowest BCUT2D eigenvalue weighted by Gasteiger charge is -2.40. The molecule has 3 saturated heterocycles. The summed E-state index contributed by atoms with van der Waals surface area (Å²) in [6.45, 7) is 9.03. The van der Waals surface area contributed by atoms with Crippen molar-refractivity contribution in [2.45, 2.75) is 37.5 Å². The lowest BCUT2D eigenvalue weighted by atomic mass is 9.87. The molecular weight excluding hydrogens is 326 g/mol. The predicted octanol–water partition coefficient (Wildman–Crippen LogP) is 2.07. The maximum Gasteiger partial charge on any atom is 0.118 e. The second kappa shape index (κ2) is 7.85. The van der Waals surface area contributed by atoms with Crippen LogP contribution in [0, 0.1) is 0 Å². The highest BCUT2D eigenvalue weighted by Crippen LogP contribution is 2.38. The minimum atomic E-state index is 0.143. The fourth-order valence-corrected chi connectivity index (χ4v) is 4.70. The van der Waals surface area contributed by atoms with Crippen molar-refractivity contribution in [2.75, 3.05) is 60.0 Å². The van der Waals surface area contributed by atoms with Crippen LogP contribution in [0.2, 0.25) is 0 Å². The molecule has 5 nitrogen and oxygen atoms in total. The molecule has 0 amide bonds. The van der Waals surface area contributed by atoms with Crippen LogP contribution in [0.15, 0.2) is 24.3 Å². The molecule has 0 aliphatic carbocycles. The Kier molecular flexibility index (Phi) is 5.50. The number of piperazine rings is 1. The Bertz CT molecular complexity index is 575. The van der Waals surface area contributed by atoms with Crippen molar-refractivity contribution < 1.29 is 9.47 Å². The van der Waals surface area contributed by atoms with E-state index < -0.39 is 0 Å². The van der Waals surface area contributed by atoms with Gasteiger partial charge in [0.2, 0.25) is 0 Å². The molecule has 3 heterocycles. The summed E-state index contributed by atoms with van der Waals surface area (Å²) in [4.78, 5) is 7.66. The molecule has 144 valence electrons. The zero-order valence-corrected chi connectivity index (χ0v) is 16.3. The van der Waals surface area contributed by atoms with Crippen LogP contribution in [0.5, 0.6) is 5.75 Å². The molecule has 0 bridgehead atoms. The Hall–Kier alpha value is -1.14. The number of methoxy groups -OCH3 is 1. The summed E-state index contributed by atoms with van der Waals surface area (Å²) in [5.41, 5.74) is 1.51. The Labute approximate surface area is 157 Å². The molecule has 3 fully saturated rings. The molecular formula is C21H33N3O2. The molecule has 0 aromatic heterocycles. The number of likely N-dealkylation sites (N-methyl/N-ethyl adjacent to an activating group) is 1. The number of benzene rings is 1. The highest BCUT2D eigenvalue weighted by atomic mass is 16.5. The normalized spacial score (nSPS) is 27.8. The maximum absolute atomic E-state index is 6.40. The molecule has 26 heavy (non-hydrogen) atoms. The number of nitrogens with zero attached hydrogens (tertiary/aromatic N) is 3. The van der Waals surface area contributed by atoms with Crippen LogP contribution in [0.1, 0.15) is 24.8 Å². The van der Waals surface area contributed by atoms with E-state index in [1.54, 1.807) is 7.11 Å². The number of hydrogen-bond acceptors (Lipinski definition) is 5. The number of rotatable bonds is 4. The van der Waals surface area contributed by atoms with Crippen LogP contribution in [0.3, 0.4) is 0 Å². The molecule has 0 N–H and O–H groups in total. The topological polar surface area (TPSA) is 28.2 Å². The molecule has 3 aliphatic heterocycles. The molecule has 1 spiro atoms. The first-order chi connectivity index (χ1) is 12.7. The summed E-state index contributed by atoms with van der Waals surface area (Å²) in [5, 5.41) is 0. The average molecular weight is 360 g/mol. The van der Waals surface area contributed by atoms with E-state index in [0.29, 0.717) is 6.04 Å². The molecule has 1 atom stereocenters. The summed E-state index contributed by atoms with van der Waals surface area (Å²) in [6.07, 6.45) is 3.58. The fourth-order valence-electron chi connectivity index (χ4n) is 4.70. The van der Waals surface area contributed by atoms with E-state index >= 15 is 0 Å². The average Bonchev–Trinajstić information content (AvgIpc) is 3.09. The molecule has 5 heteroatoms. The van der Waals surface area contributed by atoms with Crippen LogP contribution >= 0.6 is 0 Å². The second-order valence-corrected chi connectivity index (χ2v) is 8.32. The monoisotopic (exact) mass is 359 g/mol. The standard InChI is InChI=1S/C21H33N3O2/c1-22-11-13-24(14-12-22)19-15-21(26-17-19)7-9-23(10-8-21)16-18-3-5-20(25-2)6-4-18/h3-6,19H,7-17H2,1-2H3. The first kappa shape index (κ1) is 18.2. The van der Waals surface area contributed by atoms with Crippen molar-refractivity contribution in [1.29, 1.82) is 0 Å². The zero-order valence-electron chi connectivity index (χ0n) is 16.3. The van der Waals surface area contributed by atoms with Gasteiger partial charge in [0, 0.05) is 51.9 Å². The Morgan fingerprint density at radius 3 is 2.38 bits per heavy atom. The van der Waals surface area contributed by atoms with E-state index in [4.69, 9.17) is 9.47 Å². The minimum absolute atomic E-state index is 0.143. The zero-order chi connectivity index (χ0) is 18.0. The Morgan fingerprint density at radius 2 is 1.73 bits per heavy atom. The first-order valence-electron chi connectivity index (χ1n) is 10.1. The van der Waals surface area contributed by atoms with Gasteiger partial charge in [0.25, 0.3) is 0 Å². The number of hydrogen-bond donors (Lipinski definition) is 0. The van der Waals surface area contributed by atoms with Gasteiger partial charge >= 0.3 is 0 Å². The molecule has 1 aromatic rings. The summed E-state index contributed by atoms with van der Waals surface area (Å²) in [5.74, 6) is 0.931. The second-order valence-electron chi connectivity index (χ2n) is 8.32. The smallest absolute Gasteiger partial charge is 0.118 e. The molecule has 0 saturated carbocycles. The van der Waals surface area contributed by atoms with E-state index in [1.165, 1.54) is 51.0 Å². The van der Waals surface area contributed by atoms with Gasteiger partial charge in [-0.1, -0.05) is 12.1 Å². The van der Waals surface area contributed by atoms with Gasteiger partial charge < -0.3 is 14.4 Å². The first-order valence-corrected chi connectivity index (χ1v) is 10.1. The van der Waals surface area contributed by atoms with Crippen molar-refractivity contribution in [3.63, 3.8) is 0 Å². The quantitative estimate of drug-likeness (QED) is 0.821. The van der Waals surface area contributed by atoms with Gasteiger partial charge in [-0.2, -0.15) is 0 Å². The van der Waals surface area contributed by atoms with Crippen LogP contribution < -0.4 is 4.74 Å². The summed E-state index contributed by atoms with van der Waals surface area (Å²) < 4.78 is 11.7. The third-order valence-electron chi connectivity index (χ3n) is 6.58. The SMILES string of the molecule is COc1ccc(CN2CCC3(CC2)CC(N2CCN(C)CC2)CO3)cc1. The van der Waals surface area contributed by atoms with Crippen molar-refractivity contribution >= 4 is 0 Å². The van der Waals surface area contributed by atoms with Gasteiger partial charge in [0.05, 0.1) is 19.3 Å². The van der Waals surface area contributed by atoms with Gasteiger partial charge in [0.1, 0.15) is 5.75 Å². The number of piperidine rings is 1. The van der Waals surface area contributed by atoms with Crippen molar-refractivity contribution in [1.82, 2.24) is 14.7 Å². The van der Waals surface area contributed by atoms with Crippen LogP contribution in [-0.2, 0) is 11.3 Å². The Morgan fingerprint density at radius 1 is 1.04 bits per heavy atom. The van der Waals surface area contributed by atoms with E-state index in [2.05, 4.69) is 46.0 Å². The molecule has 3 aliphatic rings. The lowest BCUT2D eigenvalue weighted by Crippen LogP contribution is -2.50. The minimum Gasteiger partial charge on any atom is -0.497 e. The summed E-state index contributed by atoms with van der Waals surface area (Å²) in [6, 6.07) is 9.11. The summed E-state index contributed by atoms with van der Waals surface area (Å²) in [7, 11) is 3.94. The van der Waals surface area contributed by atoms with Gasteiger partial charge in [-0.25, -0.2) is 0 Å². The van der Waals surface area contributed by atoms with Crippen molar-refractivity contribution in [3.8, 4) is 5.75 Å².